The topological polar surface area (TPSA) is 85.5 Å². The molecule has 0 aromatic carbocycles. The van der Waals surface area contributed by atoms with Crippen molar-refractivity contribution < 1.29 is 14.3 Å². The summed E-state index contributed by atoms with van der Waals surface area (Å²) >= 11 is 1.20. The fourth-order valence-corrected chi connectivity index (χ4v) is 3.59. The molecule has 124 valence electrons. The predicted octanol–water partition coefficient (Wildman–Crippen LogP) is 2.52. The van der Waals surface area contributed by atoms with Crippen molar-refractivity contribution in [2.24, 2.45) is 0 Å². The number of esters is 1. The van der Waals surface area contributed by atoms with Crippen LogP contribution in [0.5, 0.6) is 0 Å². The minimum atomic E-state index is -0.581. The van der Waals surface area contributed by atoms with Gasteiger partial charge in [-0.2, -0.15) is 0 Å². The summed E-state index contributed by atoms with van der Waals surface area (Å²) in [7, 11) is 0. The van der Waals surface area contributed by atoms with E-state index < -0.39 is 5.97 Å². The van der Waals surface area contributed by atoms with Crippen LogP contribution in [-0.4, -0.2) is 41.5 Å². The van der Waals surface area contributed by atoms with Crippen LogP contribution >= 0.6 is 11.3 Å². The highest BCUT2D eigenvalue weighted by molar-refractivity contribution is 7.21. The molecule has 0 atom stereocenters. The van der Waals surface area contributed by atoms with Crippen LogP contribution in [0.15, 0.2) is 6.07 Å². The second-order valence-electron chi connectivity index (χ2n) is 5.25. The molecule has 0 fully saturated rings. The highest BCUT2D eigenvalue weighted by atomic mass is 32.1. The van der Waals surface area contributed by atoms with Gasteiger partial charge in [-0.3, -0.25) is 4.79 Å². The Labute approximate surface area is 139 Å². The lowest BCUT2D eigenvalue weighted by Crippen LogP contribution is -2.34. The third kappa shape index (κ3) is 3.44. The van der Waals surface area contributed by atoms with Crippen LogP contribution < -0.4 is 5.73 Å². The summed E-state index contributed by atoms with van der Waals surface area (Å²) in [6, 6.07) is 1.92. The fourth-order valence-electron chi connectivity index (χ4n) is 2.48. The molecule has 0 bridgehead atoms. The second kappa shape index (κ2) is 6.95. The van der Waals surface area contributed by atoms with Gasteiger partial charge in [0.1, 0.15) is 9.71 Å². The van der Waals surface area contributed by atoms with Gasteiger partial charge in [-0.25, -0.2) is 9.78 Å². The molecule has 0 aliphatic rings. The molecule has 7 heteroatoms. The highest BCUT2D eigenvalue weighted by Gasteiger charge is 2.21. The summed E-state index contributed by atoms with van der Waals surface area (Å²) in [4.78, 5) is 31.2. The molecule has 0 spiro atoms. The molecule has 2 N–H and O–H groups in total. The molecule has 0 saturated heterocycles. The molecule has 2 rings (SSSR count). The monoisotopic (exact) mass is 335 g/mol. The molecule has 23 heavy (non-hydrogen) atoms. The number of carbonyl (C=O) groups excluding carboxylic acids is 2. The maximum Gasteiger partial charge on any atom is 0.351 e. The SMILES string of the molecule is CCN(CC)C(=O)COC(=O)c1sc2nc(C)cc(C)c2c1N. The number of hydrogen-bond donors (Lipinski definition) is 1. The first-order chi connectivity index (χ1) is 10.9. The van der Waals surface area contributed by atoms with E-state index in [1.54, 1.807) is 4.90 Å². The van der Waals surface area contributed by atoms with Crippen LogP contribution in [0.25, 0.3) is 10.2 Å². The fraction of sp³-hybridized carbons (Fsp3) is 0.438. The first-order valence-electron chi connectivity index (χ1n) is 7.50. The smallest absolute Gasteiger partial charge is 0.351 e. The number of anilines is 1. The highest BCUT2D eigenvalue weighted by Crippen LogP contribution is 2.35. The van der Waals surface area contributed by atoms with Crippen LogP contribution in [0.2, 0.25) is 0 Å². The lowest BCUT2D eigenvalue weighted by atomic mass is 10.1. The number of aryl methyl sites for hydroxylation is 2. The van der Waals surface area contributed by atoms with E-state index >= 15 is 0 Å². The van der Waals surface area contributed by atoms with Gasteiger partial charge in [0.25, 0.3) is 5.91 Å². The van der Waals surface area contributed by atoms with Crippen molar-refractivity contribution in [3.63, 3.8) is 0 Å². The molecule has 0 aliphatic carbocycles. The molecular formula is C16H21N3O3S. The van der Waals surface area contributed by atoms with E-state index in [1.807, 2.05) is 33.8 Å². The summed E-state index contributed by atoms with van der Waals surface area (Å²) in [5.74, 6) is -0.795. The molecule has 0 saturated carbocycles. The molecule has 2 heterocycles. The molecule has 0 aliphatic heterocycles. The third-order valence-corrected chi connectivity index (χ3v) is 4.73. The minimum absolute atomic E-state index is 0.215. The Kier molecular flexibility index (Phi) is 5.20. The van der Waals surface area contributed by atoms with E-state index in [4.69, 9.17) is 10.5 Å². The summed E-state index contributed by atoms with van der Waals surface area (Å²) in [5, 5.41) is 0.780. The van der Waals surface area contributed by atoms with Crippen LogP contribution in [-0.2, 0) is 9.53 Å². The summed E-state index contributed by atoms with van der Waals surface area (Å²) < 4.78 is 5.13. The number of carbonyl (C=O) groups is 2. The van der Waals surface area contributed by atoms with Crippen LogP contribution in [0, 0.1) is 13.8 Å². The molecule has 2 aromatic heterocycles. The zero-order valence-electron chi connectivity index (χ0n) is 13.8. The number of thiophene rings is 1. The Morgan fingerprint density at radius 1 is 1.30 bits per heavy atom. The molecule has 0 unspecified atom stereocenters. The van der Waals surface area contributed by atoms with Gasteiger partial charge < -0.3 is 15.4 Å². The summed E-state index contributed by atoms with van der Waals surface area (Å²) in [6.45, 7) is 8.47. The normalized spacial score (nSPS) is 10.8. The number of ether oxygens (including phenoxy) is 1. The van der Waals surface area contributed by atoms with Crippen molar-refractivity contribution in [1.29, 1.82) is 0 Å². The van der Waals surface area contributed by atoms with Crippen LogP contribution in [0.3, 0.4) is 0 Å². The zero-order chi connectivity index (χ0) is 17.1. The van der Waals surface area contributed by atoms with Gasteiger partial charge >= 0.3 is 5.97 Å². The van der Waals surface area contributed by atoms with Crippen molar-refractivity contribution in [1.82, 2.24) is 9.88 Å². The Balaban J connectivity index is 2.20. The number of aromatic nitrogens is 1. The van der Waals surface area contributed by atoms with Gasteiger partial charge in [-0.05, 0) is 39.3 Å². The Morgan fingerprint density at radius 3 is 2.57 bits per heavy atom. The van der Waals surface area contributed by atoms with Crippen molar-refractivity contribution in [2.45, 2.75) is 27.7 Å². The summed E-state index contributed by atoms with van der Waals surface area (Å²) in [6.07, 6.45) is 0. The number of amides is 1. The van der Waals surface area contributed by atoms with E-state index in [1.165, 1.54) is 11.3 Å². The molecule has 0 radical (unpaired) electrons. The second-order valence-corrected chi connectivity index (χ2v) is 6.25. The first-order valence-corrected chi connectivity index (χ1v) is 8.31. The minimum Gasteiger partial charge on any atom is -0.451 e. The number of nitrogens with two attached hydrogens (primary N) is 1. The maximum absolute atomic E-state index is 12.2. The Bertz CT molecular complexity index is 751. The number of rotatable bonds is 5. The van der Waals surface area contributed by atoms with E-state index in [0.29, 0.717) is 28.5 Å². The summed E-state index contributed by atoms with van der Waals surface area (Å²) in [5.41, 5.74) is 8.29. The Hall–Kier alpha value is -2.15. The lowest BCUT2D eigenvalue weighted by molar-refractivity contribution is -0.134. The molecule has 1 amide bonds. The standard InChI is InChI=1S/C16H21N3O3S/c1-5-19(6-2)11(20)8-22-16(21)14-13(17)12-9(3)7-10(4)18-15(12)23-14/h7H,5-6,8,17H2,1-4H3. The zero-order valence-corrected chi connectivity index (χ0v) is 14.6. The van der Waals surface area contributed by atoms with Crippen molar-refractivity contribution in [2.75, 3.05) is 25.4 Å². The predicted molar refractivity (Wildman–Crippen MR) is 91.7 cm³/mol. The number of nitrogens with zero attached hydrogens (tertiary/aromatic N) is 2. The van der Waals surface area contributed by atoms with E-state index in [9.17, 15) is 9.59 Å². The van der Waals surface area contributed by atoms with Crippen LogP contribution in [0.4, 0.5) is 5.69 Å². The first kappa shape index (κ1) is 17.2. The number of hydrogen-bond acceptors (Lipinski definition) is 6. The van der Waals surface area contributed by atoms with E-state index in [2.05, 4.69) is 4.98 Å². The van der Waals surface area contributed by atoms with Crippen molar-refractivity contribution in [3.05, 3.63) is 22.2 Å². The van der Waals surface area contributed by atoms with Gasteiger partial charge in [-0.15, -0.1) is 11.3 Å². The van der Waals surface area contributed by atoms with Gasteiger partial charge in [0.15, 0.2) is 6.61 Å². The number of likely N-dealkylation sites (N-methyl/N-ethyl adjacent to an activating group) is 1. The average Bonchev–Trinajstić information content (AvgIpc) is 2.83. The Morgan fingerprint density at radius 2 is 1.96 bits per heavy atom. The van der Waals surface area contributed by atoms with Crippen molar-refractivity contribution >= 4 is 39.1 Å². The van der Waals surface area contributed by atoms with Gasteiger partial charge in [0.05, 0.1) is 5.69 Å². The largest absolute Gasteiger partial charge is 0.451 e. The molecule has 2 aromatic rings. The average molecular weight is 335 g/mol. The molecular weight excluding hydrogens is 314 g/mol. The van der Waals surface area contributed by atoms with E-state index in [0.717, 1.165) is 16.6 Å². The number of nitrogen functional groups attached to an aromatic ring is 1. The van der Waals surface area contributed by atoms with Crippen molar-refractivity contribution in [3.8, 4) is 0 Å². The van der Waals surface area contributed by atoms with Crippen LogP contribution in [0.1, 0.15) is 34.8 Å². The van der Waals surface area contributed by atoms with Gasteiger partial charge in [0, 0.05) is 24.2 Å². The van der Waals surface area contributed by atoms with Gasteiger partial charge in [0.2, 0.25) is 0 Å². The van der Waals surface area contributed by atoms with E-state index in [-0.39, 0.29) is 12.5 Å². The maximum atomic E-state index is 12.2. The van der Waals surface area contributed by atoms with Gasteiger partial charge in [-0.1, -0.05) is 0 Å². The lowest BCUT2D eigenvalue weighted by Gasteiger charge is -2.18. The number of fused-ring (bicyclic) bond motifs is 1. The number of pyridine rings is 1. The molecule has 6 nitrogen and oxygen atoms in total. The third-order valence-electron chi connectivity index (χ3n) is 3.65. The quantitative estimate of drug-likeness (QED) is 0.849.